The molecule has 1 amide bonds. The number of nitrogens with one attached hydrogen (secondary N) is 1. The van der Waals surface area contributed by atoms with Crippen LogP contribution in [0.25, 0.3) is 10.6 Å². The number of ether oxygens (including phenoxy) is 1. The van der Waals surface area contributed by atoms with E-state index in [1.165, 1.54) is 11.3 Å². The van der Waals surface area contributed by atoms with Gasteiger partial charge in [0.1, 0.15) is 10.8 Å². The van der Waals surface area contributed by atoms with Gasteiger partial charge in [0, 0.05) is 5.56 Å². The van der Waals surface area contributed by atoms with Crippen molar-refractivity contribution in [3.63, 3.8) is 0 Å². The fourth-order valence-corrected chi connectivity index (χ4v) is 2.89. The lowest BCUT2D eigenvalue weighted by molar-refractivity contribution is -0.122. The number of hydrogen-bond acceptors (Lipinski definition) is 5. The van der Waals surface area contributed by atoms with Gasteiger partial charge in [0.05, 0.1) is 5.02 Å². The Labute approximate surface area is 148 Å². The van der Waals surface area contributed by atoms with E-state index in [2.05, 4.69) is 15.5 Å². The third-order valence-corrected chi connectivity index (χ3v) is 4.39. The third-order valence-electron chi connectivity index (χ3n) is 3.19. The quantitative estimate of drug-likeness (QED) is 0.739. The zero-order chi connectivity index (χ0) is 16.9. The molecule has 0 saturated carbocycles. The molecule has 1 N–H and O–H groups in total. The van der Waals surface area contributed by atoms with Gasteiger partial charge >= 0.3 is 0 Å². The first-order valence-electron chi connectivity index (χ1n) is 7.24. The Morgan fingerprint density at radius 3 is 2.58 bits per heavy atom. The van der Waals surface area contributed by atoms with Crippen molar-refractivity contribution in [2.45, 2.75) is 13.0 Å². The number of amides is 1. The molecule has 3 aromatic rings. The molecule has 24 heavy (non-hydrogen) atoms. The van der Waals surface area contributed by atoms with Crippen molar-refractivity contribution in [2.75, 3.05) is 5.32 Å². The molecule has 0 spiro atoms. The van der Waals surface area contributed by atoms with Gasteiger partial charge in [0.15, 0.2) is 6.10 Å². The molecule has 0 saturated heterocycles. The van der Waals surface area contributed by atoms with E-state index in [1.54, 1.807) is 31.2 Å². The number of aromatic nitrogens is 2. The zero-order valence-electron chi connectivity index (χ0n) is 12.8. The van der Waals surface area contributed by atoms with E-state index in [0.717, 1.165) is 10.6 Å². The topological polar surface area (TPSA) is 64.1 Å². The van der Waals surface area contributed by atoms with Crippen molar-refractivity contribution in [3.05, 3.63) is 59.6 Å². The molecule has 0 radical (unpaired) electrons. The molecule has 2 aromatic carbocycles. The van der Waals surface area contributed by atoms with Crippen LogP contribution in [0.3, 0.4) is 0 Å². The van der Waals surface area contributed by atoms with Gasteiger partial charge in [0.2, 0.25) is 5.13 Å². The number of nitrogens with zero attached hydrogens (tertiary/aromatic N) is 2. The van der Waals surface area contributed by atoms with E-state index in [-0.39, 0.29) is 5.91 Å². The minimum Gasteiger partial charge on any atom is -0.479 e. The molecule has 7 heteroatoms. The van der Waals surface area contributed by atoms with Gasteiger partial charge in [-0.25, -0.2) is 0 Å². The predicted octanol–water partition coefficient (Wildman–Crippen LogP) is 4.26. The molecule has 0 aliphatic heterocycles. The van der Waals surface area contributed by atoms with Gasteiger partial charge in [-0.1, -0.05) is 65.4 Å². The SMILES string of the molecule is C[C@H](Oc1ccccc1Cl)C(=O)Nc1nnc(-c2ccccc2)s1. The summed E-state index contributed by atoms with van der Waals surface area (Å²) in [4.78, 5) is 12.2. The Balaban J connectivity index is 1.65. The lowest BCUT2D eigenvalue weighted by Crippen LogP contribution is -2.30. The van der Waals surface area contributed by atoms with Gasteiger partial charge in [-0.15, -0.1) is 10.2 Å². The summed E-state index contributed by atoms with van der Waals surface area (Å²) >= 11 is 7.33. The second-order valence-electron chi connectivity index (χ2n) is 4.96. The average molecular weight is 360 g/mol. The molecule has 3 rings (SSSR count). The Kier molecular flexibility index (Phi) is 5.08. The monoisotopic (exact) mass is 359 g/mol. The van der Waals surface area contributed by atoms with E-state index >= 15 is 0 Å². The predicted molar refractivity (Wildman–Crippen MR) is 95.5 cm³/mol. The van der Waals surface area contributed by atoms with Crippen molar-refractivity contribution < 1.29 is 9.53 Å². The lowest BCUT2D eigenvalue weighted by Gasteiger charge is -2.14. The molecule has 0 fully saturated rings. The van der Waals surface area contributed by atoms with Crippen molar-refractivity contribution >= 4 is 34.0 Å². The number of para-hydroxylation sites is 1. The van der Waals surface area contributed by atoms with Crippen LogP contribution in [-0.4, -0.2) is 22.2 Å². The second kappa shape index (κ2) is 7.42. The summed E-state index contributed by atoms with van der Waals surface area (Å²) in [6.07, 6.45) is -0.714. The fraction of sp³-hybridized carbons (Fsp3) is 0.118. The van der Waals surface area contributed by atoms with Crippen LogP contribution in [-0.2, 0) is 4.79 Å². The highest BCUT2D eigenvalue weighted by molar-refractivity contribution is 7.18. The first-order chi connectivity index (χ1) is 11.6. The Hall–Kier alpha value is -2.44. The maximum absolute atomic E-state index is 12.2. The van der Waals surface area contributed by atoms with E-state index in [4.69, 9.17) is 16.3 Å². The Morgan fingerprint density at radius 2 is 1.83 bits per heavy atom. The molecule has 0 unspecified atom stereocenters. The molecular weight excluding hydrogens is 346 g/mol. The molecule has 0 aliphatic rings. The molecule has 1 atom stereocenters. The molecule has 0 aliphatic carbocycles. The summed E-state index contributed by atoms with van der Waals surface area (Å²) in [7, 11) is 0. The number of rotatable bonds is 5. The number of carbonyl (C=O) groups is 1. The van der Waals surface area contributed by atoms with E-state index in [1.807, 2.05) is 30.3 Å². The third kappa shape index (κ3) is 3.90. The standard InChI is InChI=1S/C17H14ClN3O2S/c1-11(23-14-10-6-5-9-13(14)18)15(22)19-17-21-20-16(24-17)12-7-3-2-4-8-12/h2-11H,1H3,(H,19,21,22)/t11-/m0/s1. The van der Waals surface area contributed by atoms with Crippen molar-refractivity contribution in [1.82, 2.24) is 10.2 Å². The average Bonchev–Trinajstić information content (AvgIpc) is 3.06. The van der Waals surface area contributed by atoms with E-state index in [9.17, 15) is 4.79 Å². The molecule has 122 valence electrons. The van der Waals surface area contributed by atoms with Crippen LogP contribution >= 0.6 is 22.9 Å². The minimum atomic E-state index is -0.714. The summed E-state index contributed by atoms with van der Waals surface area (Å²) in [5.41, 5.74) is 0.955. The van der Waals surface area contributed by atoms with Crippen LogP contribution in [0.5, 0.6) is 5.75 Å². The lowest BCUT2D eigenvalue weighted by atomic mass is 10.2. The van der Waals surface area contributed by atoms with Gasteiger partial charge in [0.25, 0.3) is 5.91 Å². The van der Waals surface area contributed by atoms with Crippen LogP contribution in [0.1, 0.15) is 6.92 Å². The normalized spacial score (nSPS) is 11.8. The first kappa shape index (κ1) is 16.4. The highest BCUT2D eigenvalue weighted by atomic mass is 35.5. The van der Waals surface area contributed by atoms with Crippen molar-refractivity contribution in [3.8, 4) is 16.3 Å². The first-order valence-corrected chi connectivity index (χ1v) is 8.44. The zero-order valence-corrected chi connectivity index (χ0v) is 14.3. The Bertz CT molecular complexity index is 839. The summed E-state index contributed by atoms with van der Waals surface area (Å²) in [6.45, 7) is 1.65. The van der Waals surface area contributed by atoms with Crippen LogP contribution in [0, 0.1) is 0 Å². The van der Waals surface area contributed by atoms with Gasteiger partial charge < -0.3 is 4.74 Å². The number of anilines is 1. The fourth-order valence-electron chi connectivity index (χ4n) is 1.96. The number of carbonyl (C=O) groups excluding carboxylic acids is 1. The van der Waals surface area contributed by atoms with Crippen LogP contribution < -0.4 is 10.1 Å². The molecule has 0 bridgehead atoms. The van der Waals surface area contributed by atoms with Crippen LogP contribution in [0.4, 0.5) is 5.13 Å². The molecule has 1 heterocycles. The van der Waals surface area contributed by atoms with E-state index < -0.39 is 6.10 Å². The summed E-state index contributed by atoms with van der Waals surface area (Å²) in [5, 5.41) is 12.4. The van der Waals surface area contributed by atoms with E-state index in [0.29, 0.717) is 15.9 Å². The summed E-state index contributed by atoms with van der Waals surface area (Å²) in [5.74, 6) is 0.148. The Morgan fingerprint density at radius 1 is 1.12 bits per heavy atom. The van der Waals surface area contributed by atoms with Gasteiger partial charge in [-0.05, 0) is 19.1 Å². The van der Waals surface area contributed by atoms with Crippen molar-refractivity contribution in [2.24, 2.45) is 0 Å². The van der Waals surface area contributed by atoms with Crippen molar-refractivity contribution in [1.29, 1.82) is 0 Å². The molecule has 5 nitrogen and oxygen atoms in total. The largest absolute Gasteiger partial charge is 0.479 e. The highest BCUT2D eigenvalue weighted by Gasteiger charge is 2.18. The smallest absolute Gasteiger partial charge is 0.266 e. The second-order valence-corrected chi connectivity index (χ2v) is 6.34. The molecule has 1 aromatic heterocycles. The van der Waals surface area contributed by atoms with Gasteiger partial charge in [-0.2, -0.15) is 0 Å². The maximum atomic E-state index is 12.2. The number of halogens is 1. The summed E-state index contributed by atoms with van der Waals surface area (Å²) < 4.78 is 5.58. The molecular formula is C17H14ClN3O2S. The summed E-state index contributed by atoms with van der Waals surface area (Å²) in [6, 6.07) is 16.7. The van der Waals surface area contributed by atoms with Crippen LogP contribution in [0.15, 0.2) is 54.6 Å². The number of hydrogen-bond donors (Lipinski definition) is 1. The highest BCUT2D eigenvalue weighted by Crippen LogP contribution is 2.27. The number of benzene rings is 2. The maximum Gasteiger partial charge on any atom is 0.266 e. The van der Waals surface area contributed by atoms with Crippen LogP contribution in [0.2, 0.25) is 5.02 Å². The van der Waals surface area contributed by atoms with Gasteiger partial charge in [-0.3, -0.25) is 10.1 Å². The minimum absolute atomic E-state index is 0.314.